The minimum Gasteiger partial charge on any atom is -0.491 e. The summed E-state index contributed by atoms with van der Waals surface area (Å²) in [5.41, 5.74) is 6.06. The van der Waals surface area contributed by atoms with Crippen molar-refractivity contribution in [1.29, 1.82) is 0 Å². The van der Waals surface area contributed by atoms with Crippen molar-refractivity contribution < 1.29 is 4.74 Å². The number of nitrogens with one attached hydrogen (secondary N) is 1. The van der Waals surface area contributed by atoms with Crippen molar-refractivity contribution in [3.05, 3.63) is 77.4 Å². The molecule has 6 heteroatoms. The van der Waals surface area contributed by atoms with Gasteiger partial charge in [0.05, 0.1) is 23.9 Å². The number of aromatic nitrogens is 2. The largest absolute Gasteiger partial charge is 0.491 e. The van der Waals surface area contributed by atoms with Gasteiger partial charge in [-0.25, -0.2) is 0 Å². The van der Waals surface area contributed by atoms with Crippen LogP contribution in [-0.4, -0.2) is 20.8 Å². The third-order valence-corrected chi connectivity index (χ3v) is 7.68. The van der Waals surface area contributed by atoms with Crippen molar-refractivity contribution in [2.75, 3.05) is 4.90 Å². The molecule has 5 nitrogen and oxygen atoms in total. The maximum absolute atomic E-state index is 5.94. The highest BCUT2D eigenvalue weighted by atomic mass is 32.1. The first-order valence-corrected chi connectivity index (χ1v) is 13.3. The van der Waals surface area contributed by atoms with Gasteiger partial charge in [-0.15, -0.1) is 0 Å². The van der Waals surface area contributed by atoms with Crippen molar-refractivity contribution in [2.24, 2.45) is 0 Å². The van der Waals surface area contributed by atoms with E-state index in [0.717, 1.165) is 22.2 Å². The second-order valence-corrected chi connectivity index (χ2v) is 10.5. The van der Waals surface area contributed by atoms with Gasteiger partial charge in [-0.05, 0) is 101 Å². The standard InChI is InChI=1S/C29H36N4OS/c1-19(2)34-24-15-13-23(14-16-24)33-28(27(31-29(33)35)26-12-8-9-17-30-26)25-18-20(3)32(21(25)4)22-10-6-5-7-11-22/h8-9,12-19,22,27-28H,5-7,10-11H2,1-4H3,(H,31,35)/t27-,28-/m0/s1. The fourth-order valence-electron chi connectivity index (χ4n) is 5.91. The number of hydrogen-bond acceptors (Lipinski definition) is 3. The fourth-order valence-corrected chi connectivity index (χ4v) is 6.26. The van der Waals surface area contributed by atoms with Gasteiger partial charge < -0.3 is 19.5 Å². The van der Waals surface area contributed by atoms with Crippen LogP contribution in [0.25, 0.3) is 0 Å². The number of rotatable bonds is 6. The molecule has 35 heavy (non-hydrogen) atoms. The minimum atomic E-state index is -0.0319. The molecule has 3 aromatic rings. The van der Waals surface area contributed by atoms with E-state index in [4.69, 9.17) is 21.9 Å². The van der Waals surface area contributed by atoms with Gasteiger partial charge in [0.2, 0.25) is 0 Å². The van der Waals surface area contributed by atoms with Crippen LogP contribution < -0.4 is 15.0 Å². The van der Waals surface area contributed by atoms with Crippen LogP contribution in [0.3, 0.4) is 0 Å². The summed E-state index contributed by atoms with van der Waals surface area (Å²) in [6, 6.07) is 17.4. The van der Waals surface area contributed by atoms with E-state index in [-0.39, 0.29) is 18.2 Å². The highest BCUT2D eigenvalue weighted by molar-refractivity contribution is 7.80. The van der Waals surface area contributed by atoms with Crippen LogP contribution in [0.4, 0.5) is 5.69 Å². The molecule has 2 aliphatic rings. The first kappa shape index (κ1) is 23.9. The predicted molar refractivity (Wildman–Crippen MR) is 146 cm³/mol. The number of hydrogen-bond donors (Lipinski definition) is 1. The summed E-state index contributed by atoms with van der Waals surface area (Å²) in [7, 11) is 0. The lowest BCUT2D eigenvalue weighted by Crippen LogP contribution is -2.29. The van der Waals surface area contributed by atoms with E-state index in [1.807, 2.05) is 38.2 Å². The van der Waals surface area contributed by atoms with Crippen LogP contribution in [0.2, 0.25) is 0 Å². The number of benzene rings is 1. The summed E-state index contributed by atoms with van der Waals surface area (Å²) in [6.07, 6.45) is 8.53. The van der Waals surface area contributed by atoms with Crippen molar-refractivity contribution in [3.8, 4) is 5.75 Å². The Hall–Kier alpha value is -2.86. The highest BCUT2D eigenvalue weighted by Crippen LogP contribution is 2.44. The molecule has 1 N–H and O–H groups in total. The minimum absolute atomic E-state index is 0.0119. The van der Waals surface area contributed by atoms with E-state index >= 15 is 0 Å². The Balaban J connectivity index is 1.58. The predicted octanol–water partition coefficient (Wildman–Crippen LogP) is 6.97. The van der Waals surface area contributed by atoms with Crippen molar-refractivity contribution in [3.63, 3.8) is 0 Å². The lowest BCUT2D eigenvalue weighted by Gasteiger charge is -2.30. The Labute approximate surface area is 214 Å². The van der Waals surface area contributed by atoms with E-state index in [0.29, 0.717) is 6.04 Å². The lowest BCUT2D eigenvalue weighted by atomic mass is 9.94. The molecule has 0 spiro atoms. The van der Waals surface area contributed by atoms with Crippen molar-refractivity contribution in [2.45, 2.75) is 84.0 Å². The zero-order valence-electron chi connectivity index (χ0n) is 21.2. The molecule has 0 amide bonds. The zero-order chi connectivity index (χ0) is 24.5. The van der Waals surface area contributed by atoms with Crippen LogP contribution in [0, 0.1) is 13.8 Å². The molecule has 2 fully saturated rings. The Morgan fingerprint density at radius 3 is 2.43 bits per heavy atom. The molecule has 1 saturated heterocycles. The van der Waals surface area contributed by atoms with E-state index in [1.54, 1.807) is 0 Å². The van der Waals surface area contributed by atoms with E-state index < -0.39 is 0 Å². The maximum Gasteiger partial charge on any atom is 0.174 e. The second kappa shape index (κ2) is 10.0. The number of nitrogens with zero attached hydrogens (tertiary/aromatic N) is 3. The van der Waals surface area contributed by atoms with Gasteiger partial charge >= 0.3 is 0 Å². The SMILES string of the molecule is Cc1cc([C@H]2[C@H](c3ccccn3)NC(=S)N2c2ccc(OC(C)C)cc2)c(C)n1C1CCCCC1. The summed E-state index contributed by atoms with van der Waals surface area (Å²) in [6.45, 7) is 8.63. The molecule has 184 valence electrons. The van der Waals surface area contributed by atoms with Crippen LogP contribution in [0.5, 0.6) is 5.75 Å². The average molecular weight is 489 g/mol. The number of ether oxygens (including phenoxy) is 1. The quantitative estimate of drug-likeness (QED) is 0.380. The van der Waals surface area contributed by atoms with Gasteiger partial charge in [0.25, 0.3) is 0 Å². The first-order valence-electron chi connectivity index (χ1n) is 12.9. The smallest absolute Gasteiger partial charge is 0.174 e. The molecule has 5 rings (SSSR count). The number of aryl methyl sites for hydroxylation is 1. The Bertz CT molecular complexity index is 1170. The molecule has 3 heterocycles. The summed E-state index contributed by atoms with van der Waals surface area (Å²) in [5.74, 6) is 0.870. The van der Waals surface area contributed by atoms with E-state index in [1.165, 1.54) is 49.1 Å². The molecule has 1 saturated carbocycles. The lowest BCUT2D eigenvalue weighted by molar-refractivity contribution is 0.242. The van der Waals surface area contributed by atoms with Gasteiger partial charge in [-0.1, -0.05) is 25.3 Å². The molecule has 1 aromatic carbocycles. The normalized spacial score (nSPS) is 20.9. The van der Waals surface area contributed by atoms with Crippen LogP contribution >= 0.6 is 12.2 Å². The Kier molecular flexibility index (Phi) is 6.83. The molecule has 1 aliphatic carbocycles. The summed E-state index contributed by atoms with van der Waals surface area (Å²) < 4.78 is 8.47. The second-order valence-electron chi connectivity index (χ2n) is 10.1. The van der Waals surface area contributed by atoms with E-state index in [2.05, 4.69) is 59.0 Å². The van der Waals surface area contributed by atoms with Crippen LogP contribution in [0.1, 0.15) is 86.7 Å². The average Bonchev–Trinajstić information content (AvgIpc) is 3.35. The molecule has 1 aliphatic heterocycles. The van der Waals surface area contributed by atoms with Gasteiger partial charge in [-0.2, -0.15) is 0 Å². The molecule has 2 aromatic heterocycles. The first-order chi connectivity index (χ1) is 16.9. The van der Waals surface area contributed by atoms with Crippen LogP contribution in [-0.2, 0) is 0 Å². The molecular formula is C29H36N4OS. The molecule has 0 bridgehead atoms. The Morgan fingerprint density at radius 1 is 1.03 bits per heavy atom. The highest BCUT2D eigenvalue weighted by Gasteiger charge is 2.42. The van der Waals surface area contributed by atoms with Gasteiger partial charge in [0.1, 0.15) is 5.75 Å². The number of pyridine rings is 1. The van der Waals surface area contributed by atoms with Gasteiger partial charge in [-0.3, -0.25) is 4.98 Å². The number of thiocarbonyl (C=S) groups is 1. The molecular weight excluding hydrogens is 452 g/mol. The van der Waals surface area contributed by atoms with E-state index in [9.17, 15) is 0 Å². The summed E-state index contributed by atoms with van der Waals surface area (Å²) in [5, 5.41) is 4.33. The van der Waals surface area contributed by atoms with Gasteiger partial charge in [0, 0.05) is 29.3 Å². The topological polar surface area (TPSA) is 42.3 Å². The van der Waals surface area contributed by atoms with Crippen LogP contribution in [0.15, 0.2) is 54.7 Å². The summed E-state index contributed by atoms with van der Waals surface area (Å²) >= 11 is 5.94. The Morgan fingerprint density at radius 2 is 1.77 bits per heavy atom. The van der Waals surface area contributed by atoms with Gasteiger partial charge in [0.15, 0.2) is 5.11 Å². The number of anilines is 1. The monoisotopic (exact) mass is 488 g/mol. The summed E-state index contributed by atoms with van der Waals surface area (Å²) in [4.78, 5) is 6.98. The molecule has 0 unspecified atom stereocenters. The maximum atomic E-state index is 5.94. The fraction of sp³-hybridized carbons (Fsp3) is 0.448. The zero-order valence-corrected chi connectivity index (χ0v) is 22.0. The third kappa shape index (κ3) is 4.68. The third-order valence-electron chi connectivity index (χ3n) is 7.37. The molecule has 0 radical (unpaired) electrons. The van der Waals surface area contributed by atoms with Crippen molar-refractivity contribution in [1.82, 2.24) is 14.9 Å². The molecule has 2 atom stereocenters. The van der Waals surface area contributed by atoms with Crippen molar-refractivity contribution >= 4 is 23.0 Å².